The summed E-state index contributed by atoms with van der Waals surface area (Å²) < 4.78 is 13.6. The standard InChI is InChI=1S/C13H10ClFOS/c14-12-5-1-3-9(13(12)15)7-10(16)8-11-4-2-6-17-11/h1-6H,7-8H2. The molecule has 0 N–H and O–H groups in total. The summed E-state index contributed by atoms with van der Waals surface area (Å²) in [6.45, 7) is 0. The van der Waals surface area contributed by atoms with E-state index in [2.05, 4.69) is 0 Å². The van der Waals surface area contributed by atoms with E-state index >= 15 is 0 Å². The first-order valence-electron chi connectivity index (χ1n) is 5.14. The maximum atomic E-state index is 13.6. The predicted molar refractivity (Wildman–Crippen MR) is 68.1 cm³/mol. The van der Waals surface area contributed by atoms with Gasteiger partial charge in [-0.3, -0.25) is 4.79 Å². The van der Waals surface area contributed by atoms with Crippen LogP contribution in [0.25, 0.3) is 0 Å². The Balaban J connectivity index is 2.06. The summed E-state index contributed by atoms with van der Waals surface area (Å²) in [6.07, 6.45) is 0.438. The number of thiophene rings is 1. The van der Waals surface area contributed by atoms with E-state index in [1.165, 1.54) is 17.4 Å². The van der Waals surface area contributed by atoms with E-state index in [0.29, 0.717) is 12.0 Å². The Hall–Kier alpha value is -1.19. The van der Waals surface area contributed by atoms with Gasteiger partial charge in [0.1, 0.15) is 11.6 Å². The zero-order valence-corrected chi connectivity index (χ0v) is 10.5. The summed E-state index contributed by atoms with van der Waals surface area (Å²) in [7, 11) is 0. The van der Waals surface area contributed by atoms with Crippen LogP contribution in [0.4, 0.5) is 4.39 Å². The Morgan fingerprint density at radius 2 is 2.06 bits per heavy atom. The summed E-state index contributed by atoms with van der Waals surface area (Å²) in [6, 6.07) is 8.51. The van der Waals surface area contributed by atoms with Crippen molar-refractivity contribution in [1.29, 1.82) is 0 Å². The molecule has 0 atom stereocenters. The molecular weight excluding hydrogens is 259 g/mol. The number of carbonyl (C=O) groups is 1. The number of Topliss-reactive ketones (excluding diaryl/α,β-unsaturated/α-hetero) is 1. The van der Waals surface area contributed by atoms with Gasteiger partial charge in [0.25, 0.3) is 0 Å². The molecule has 1 aromatic carbocycles. The lowest BCUT2D eigenvalue weighted by molar-refractivity contribution is -0.117. The molecule has 0 bridgehead atoms. The van der Waals surface area contributed by atoms with Crippen LogP contribution in [0.15, 0.2) is 35.7 Å². The van der Waals surface area contributed by atoms with Gasteiger partial charge in [0.2, 0.25) is 0 Å². The van der Waals surface area contributed by atoms with Gasteiger partial charge in [-0.1, -0.05) is 29.8 Å². The van der Waals surface area contributed by atoms with Crippen LogP contribution in [0.2, 0.25) is 5.02 Å². The van der Waals surface area contributed by atoms with Crippen LogP contribution in [-0.4, -0.2) is 5.78 Å². The summed E-state index contributed by atoms with van der Waals surface area (Å²) in [5, 5.41) is 1.98. The van der Waals surface area contributed by atoms with Gasteiger partial charge in [0, 0.05) is 17.7 Å². The summed E-state index contributed by atoms with van der Waals surface area (Å²) in [4.78, 5) is 12.7. The van der Waals surface area contributed by atoms with Crippen molar-refractivity contribution in [2.45, 2.75) is 12.8 Å². The molecule has 0 saturated carbocycles. The smallest absolute Gasteiger partial charge is 0.145 e. The van der Waals surface area contributed by atoms with E-state index in [-0.39, 0.29) is 17.2 Å². The monoisotopic (exact) mass is 268 g/mol. The van der Waals surface area contributed by atoms with Gasteiger partial charge in [-0.25, -0.2) is 4.39 Å². The first-order valence-corrected chi connectivity index (χ1v) is 6.39. The van der Waals surface area contributed by atoms with E-state index in [4.69, 9.17) is 11.6 Å². The highest BCUT2D eigenvalue weighted by Crippen LogP contribution is 2.19. The zero-order valence-electron chi connectivity index (χ0n) is 8.95. The van der Waals surface area contributed by atoms with Gasteiger partial charge < -0.3 is 0 Å². The van der Waals surface area contributed by atoms with Crippen molar-refractivity contribution in [3.8, 4) is 0 Å². The Labute approximate surface area is 108 Å². The highest BCUT2D eigenvalue weighted by molar-refractivity contribution is 7.10. The van der Waals surface area contributed by atoms with Gasteiger partial charge in [-0.2, -0.15) is 0 Å². The van der Waals surface area contributed by atoms with Gasteiger partial charge in [0.05, 0.1) is 5.02 Å². The van der Waals surface area contributed by atoms with Crippen molar-refractivity contribution in [3.05, 3.63) is 57.0 Å². The van der Waals surface area contributed by atoms with Crippen molar-refractivity contribution >= 4 is 28.7 Å². The number of halogens is 2. The molecule has 0 fully saturated rings. The fourth-order valence-corrected chi connectivity index (χ4v) is 2.49. The van der Waals surface area contributed by atoms with Crippen molar-refractivity contribution in [1.82, 2.24) is 0 Å². The number of benzene rings is 1. The number of hydrogen-bond donors (Lipinski definition) is 0. The molecule has 1 heterocycles. The Bertz CT molecular complexity index is 522. The molecule has 4 heteroatoms. The van der Waals surface area contributed by atoms with Crippen molar-refractivity contribution in [3.63, 3.8) is 0 Å². The first-order chi connectivity index (χ1) is 8.16. The minimum atomic E-state index is -0.492. The SMILES string of the molecule is O=C(Cc1cccs1)Cc1cccc(Cl)c1F. The van der Waals surface area contributed by atoms with Gasteiger partial charge >= 0.3 is 0 Å². The average molecular weight is 269 g/mol. The molecule has 0 aliphatic rings. The van der Waals surface area contributed by atoms with Gasteiger partial charge in [-0.05, 0) is 23.1 Å². The second kappa shape index (κ2) is 5.43. The lowest BCUT2D eigenvalue weighted by Crippen LogP contribution is -2.07. The van der Waals surface area contributed by atoms with E-state index in [9.17, 15) is 9.18 Å². The third-order valence-corrected chi connectivity index (χ3v) is 3.54. The van der Waals surface area contributed by atoms with E-state index in [0.717, 1.165) is 4.88 Å². The summed E-state index contributed by atoms with van der Waals surface area (Å²) in [5.74, 6) is -0.498. The van der Waals surface area contributed by atoms with Crippen LogP contribution in [0.1, 0.15) is 10.4 Å². The molecular formula is C13H10ClFOS. The van der Waals surface area contributed by atoms with Crippen LogP contribution >= 0.6 is 22.9 Å². The highest BCUT2D eigenvalue weighted by atomic mass is 35.5. The van der Waals surface area contributed by atoms with E-state index in [1.54, 1.807) is 12.1 Å². The molecule has 0 spiro atoms. The lowest BCUT2D eigenvalue weighted by Gasteiger charge is -2.03. The lowest BCUT2D eigenvalue weighted by atomic mass is 10.1. The molecule has 0 saturated heterocycles. The molecule has 0 radical (unpaired) electrons. The molecule has 2 rings (SSSR count). The first kappa shape index (κ1) is 12.3. The molecule has 1 nitrogen and oxygen atoms in total. The van der Waals surface area contributed by atoms with Crippen LogP contribution in [0.5, 0.6) is 0 Å². The zero-order chi connectivity index (χ0) is 12.3. The van der Waals surface area contributed by atoms with Crippen LogP contribution < -0.4 is 0 Å². The van der Waals surface area contributed by atoms with Crippen LogP contribution in [0.3, 0.4) is 0 Å². The molecule has 0 unspecified atom stereocenters. The maximum Gasteiger partial charge on any atom is 0.145 e. The summed E-state index contributed by atoms with van der Waals surface area (Å²) >= 11 is 7.18. The fraction of sp³-hybridized carbons (Fsp3) is 0.154. The quantitative estimate of drug-likeness (QED) is 0.822. The second-order valence-corrected chi connectivity index (χ2v) is 5.12. The molecule has 88 valence electrons. The minimum absolute atomic E-state index is 0.00591. The van der Waals surface area contributed by atoms with Crippen LogP contribution in [0, 0.1) is 5.82 Å². The van der Waals surface area contributed by atoms with Crippen molar-refractivity contribution < 1.29 is 9.18 Å². The molecule has 1 aromatic heterocycles. The van der Waals surface area contributed by atoms with Gasteiger partial charge in [-0.15, -0.1) is 11.3 Å². The molecule has 0 aliphatic carbocycles. The highest BCUT2D eigenvalue weighted by Gasteiger charge is 2.11. The minimum Gasteiger partial charge on any atom is -0.299 e. The van der Waals surface area contributed by atoms with E-state index in [1.807, 2.05) is 17.5 Å². The average Bonchev–Trinajstić information content (AvgIpc) is 2.77. The van der Waals surface area contributed by atoms with Crippen LogP contribution in [-0.2, 0) is 17.6 Å². The Morgan fingerprint density at radius 3 is 2.76 bits per heavy atom. The Morgan fingerprint density at radius 1 is 1.24 bits per heavy atom. The maximum absolute atomic E-state index is 13.6. The largest absolute Gasteiger partial charge is 0.299 e. The number of hydrogen-bond acceptors (Lipinski definition) is 2. The number of ketones is 1. The van der Waals surface area contributed by atoms with Crippen molar-refractivity contribution in [2.75, 3.05) is 0 Å². The molecule has 2 aromatic rings. The summed E-state index contributed by atoms with van der Waals surface area (Å²) in [5.41, 5.74) is 0.360. The van der Waals surface area contributed by atoms with Gasteiger partial charge in [0.15, 0.2) is 0 Å². The molecule has 0 amide bonds. The number of rotatable bonds is 4. The molecule has 17 heavy (non-hydrogen) atoms. The Kier molecular flexibility index (Phi) is 3.92. The predicted octanol–water partition coefficient (Wildman–Crippen LogP) is 3.89. The topological polar surface area (TPSA) is 17.1 Å². The van der Waals surface area contributed by atoms with E-state index < -0.39 is 5.82 Å². The fourth-order valence-electron chi connectivity index (χ4n) is 1.57. The molecule has 0 aliphatic heterocycles. The van der Waals surface area contributed by atoms with Crippen molar-refractivity contribution in [2.24, 2.45) is 0 Å². The normalized spacial score (nSPS) is 10.5. The third-order valence-electron chi connectivity index (χ3n) is 2.37. The number of carbonyl (C=O) groups excluding carboxylic acids is 1. The second-order valence-electron chi connectivity index (χ2n) is 3.68. The third kappa shape index (κ3) is 3.14.